The van der Waals surface area contributed by atoms with E-state index in [1.807, 2.05) is 0 Å². The maximum absolute atomic E-state index is 14.0. The fourth-order valence-corrected chi connectivity index (χ4v) is 7.22. The zero-order chi connectivity index (χ0) is 52.1. The number of unbranched alkanes of at least 4 members (excludes halogenated alkanes) is 8. The highest BCUT2D eigenvalue weighted by atomic mass is 16.3. The second kappa shape index (κ2) is 33.9. The SMILES string of the molecule is CC=C1NC(=O)[C@@H](NC(=O)CCCCCCCCCCC)[C@H](O)CNC(=O)[C@H]([C@@H](O)CN)NC(=O)[C@H]([C@H](O)CN)NC(=O)[C@H](CCCN=C(N)N)NC(=O)[C@H](CC(C)C)NC(=O)[C@H](CCN)NC1=O. The summed E-state index contributed by atoms with van der Waals surface area (Å²) in [6.45, 7) is 4.97. The van der Waals surface area contributed by atoms with Gasteiger partial charge < -0.3 is 86.5 Å². The minimum atomic E-state index is -1.91. The molecule has 21 N–H and O–H groups in total. The summed E-state index contributed by atoms with van der Waals surface area (Å²) < 4.78 is 0. The Morgan fingerprint density at radius 1 is 0.710 bits per heavy atom. The van der Waals surface area contributed by atoms with E-state index in [4.69, 9.17) is 28.7 Å². The van der Waals surface area contributed by atoms with E-state index < -0.39 is 127 Å². The zero-order valence-electron chi connectivity index (χ0n) is 40.7. The molecule has 0 radical (unpaired) electrons. The van der Waals surface area contributed by atoms with Gasteiger partial charge >= 0.3 is 0 Å². The Kier molecular flexibility index (Phi) is 30.3. The van der Waals surface area contributed by atoms with Crippen LogP contribution in [0.2, 0.25) is 0 Å². The fourth-order valence-electron chi connectivity index (χ4n) is 7.22. The summed E-state index contributed by atoms with van der Waals surface area (Å²) in [6.07, 6.45) is 4.28. The number of β-amino-alcohol motifs (C(OH)–C–C–N with tert-alkyl or cyclic N) is 1. The van der Waals surface area contributed by atoms with E-state index in [1.165, 1.54) is 19.4 Å². The first kappa shape index (κ1) is 61.5. The lowest BCUT2D eigenvalue weighted by atomic mass is 10.0. The molecule has 0 spiro atoms. The third-order valence-corrected chi connectivity index (χ3v) is 11.2. The van der Waals surface area contributed by atoms with Gasteiger partial charge in [-0.3, -0.25) is 43.3 Å². The molecule has 25 heteroatoms. The summed E-state index contributed by atoms with van der Waals surface area (Å²) >= 11 is 0. The third-order valence-electron chi connectivity index (χ3n) is 11.2. The smallest absolute Gasteiger partial charge is 0.268 e. The predicted molar refractivity (Wildman–Crippen MR) is 258 cm³/mol. The van der Waals surface area contributed by atoms with Crippen LogP contribution in [0.5, 0.6) is 0 Å². The highest BCUT2D eigenvalue weighted by molar-refractivity contribution is 6.02. The molecular formula is C44H82N14O11. The molecule has 1 aliphatic heterocycles. The molecule has 1 fully saturated rings. The molecule has 0 unspecified atom stereocenters. The van der Waals surface area contributed by atoms with Crippen molar-refractivity contribution in [2.24, 2.45) is 39.6 Å². The number of rotatable bonds is 23. The lowest BCUT2D eigenvalue weighted by molar-refractivity contribution is -0.138. The molecule has 1 rings (SSSR count). The summed E-state index contributed by atoms with van der Waals surface area (Å²) in [5, 5.41) is 52.5. The number of aliphatic hydroxyl groups excluding tert-OH is 3. The van der Waals surface area contributed by atoms with Gasteiger partial charge in [0.25, 0.3) is 5.91 Å². The maximum atomic E-state index is 14.0. The van der Waals surface area contributed by atoms with Crippen molar-refractivity contribution < 1.29 is 53.7 Å². The van der Waals surface area contributed by atoms with Crippen LogP contribution >= 0.6 is 0 Å². The van der Waals surface area contributed by atoms with Crippen molar-refractivity contribution >= 4 is 53.2 Å². The number of carbonyl (C=O) groups is 8. The van der Waals surface area contributed by atoms with E-state index >= 15 is 0 Å². The van der Waals surface area contributed by atoms with Crippen LogP contribution in [0.15, 0.2) is 16.8 Å². The molecule has 1 aliphatic rings. The number of aliphatic imine (C=N–C) groups is 1. The number of allylic oxidation sites excluding steroid dienone is 1. The van der Waals surface area contributed by atoms with Gasteiger partial charge in [0.1, 0.15) is 48.1 Å². The zero-order valence-corrected chi connectivity index (χ0v) is 40.7. The molecule has 0 aromatic carbocycles. The predicted octanol–water partition coefficient (Wildman–Crippen LogP) is -4.59. The van der Waals surface area contributed by atoms with Crippen molar-refractivity contribution in [1.29, 1.82) is 0 Å². The Bertz CT molecular complexity index is 1710. The second-order valence-electron chi connectivity index (χ2n) is 17.5. The molecule has 0 aromatic heterocycles. The number of nitrogens with zero attached hydrogens (tertiary/aromatic N) is 1. The van der Waals surface area contributed by atoms with Crippen molar-refractivity contribution in [1.82, 2.24) is 42.5 Å². The van der Waals surface area contributed by atoms with E-state index in [9.17, 15) is 53.7 Å². The Balaban J connectivity index is 3.78. The van der Waals surface area contributed by atoms with E-state index in [1.54, 1.807) is 13.8 Å². The number of carbonyl (C=O) groups excluding carboxylic acids is 8. The molecule has 25 nitrogen and oxygen atoms in total. The highest BCUT2D eigenvalue weighted by Gasteiger charge is 2.38. The van der Waals surface area contributed by atoms with Crippen molar-refractivity contribution in [3.05, 3.63) is 11.8 Å². The lowest BCUT2D eigenvalue weighted by Crippen LogP contribution is -2.64. The van der Waals surface area contributed by atoms with Crippen LogP contribution in [0.4, 0.5) is 0 Å². The van der Waals surface area contributed by atoms with Crippen molar-refractivity contribution in [3.8, 4) is 0 Å². The average Bonchev–Trinajstić information content (AvgIpc) is 3.30. The minimum Gasteiger partial charge on any atom is -0.389 e. The molecule has 0 saturated carbocycles. The second-order valence-corrected chi connectivity index (χ2v) is 17.5. The van der Waals surface area contributed by atoms with Crippen molar-refractivity contribution in [2.75, 3.05) is 32.7 Å². The molecule has 8 amide bonds. The third kappa shape index (κ3) is 23.6. The van der Waals surface area contributed by atoms with Gasteiger partial charge in [-0.25, -0.2) is 0 Å². The number of aliphatic hydroxyl groups is 3. The summed E-state index contributed by atoms with van der Waals surface area (Å²) in [7, 11) is 0. The van der Waals surface area contributed by atoms with Crippen LogP contribution < -0.4 is 71.2 Å². The summed E-state index contributed by atoms with van der Waals surface area (Å²) in [4.78, 5) is 114. The number of hydrogen-bond donors (Lipinski definition) is 16. The van der Waals surface area contributed by atoms with Crippen LogP contribution in [0.1, 0.15) is 118 Å². The van der Waals surface area contributed by atoms with Gasteiger partial charge in [-0.2, -0.15) is 0 Å². The van der Waals surface area contributed by atoms with Gasteiger partial charge in [-0.15, -0.1) is 0 Å². The van der Waals surface area contributed by atoms with Crippen molar-refractivity contribution in [3.63, 3.8) is 0 Å². The molecule has 0 aromatic rings. The van der Waals surface area contributed by atoms with Crippen LogP contribution in [0.25, 0.3) is 0 Å². The minimum absolute atomic E-state index is 0.00748. The molecule has 1 heterocycles. The molecule has 0 aliphatic carbocycles. The summed E-state index contributed by atoms with van der Waals surface area (Å²) in [5.41, 5.74) is 27.7. The quantitative estimate of drug-likeness (QED) is 0.0198. The number of nitrogens with two attached hydrogens (primary N) is 5. The molecule has 0 bridgehead atoms. The molecule has 1 saturated heterocycles. The molecule has 9 atom stereocenters. The van der Waals surface area contributed by atoms with E-state index in [2.05, 4.69) is 54.5 Å². The Hall–Kier alpha value is -5.47. The summed E-state index contributed by atoms with van der Waals surface area (Å²) in [6, 6.07) is -9.78. The molecular weight excluding hydrogens is 901 g/mol. The van der Waals surface area contributed by atoms with E-state index in [0.29, 0.717) is 6.42 Å². The number of nitrogens with one attached hydrogen (secondary N) is 8. The maximum Gasteiger partial charge on any atom is 0.268 e. The molecule has 394 valence electrons. The van der Waals surface area contributed by atoms with Gasteiger partial charge in [0.2, 0.25) is 41.4 Å². The van der Waals surface area contributed by atoms with Crippen LogP contribution in [-0.2, 0) is 38.4 Å². The molecule has 69 heavy (non-hydrogen) atoms. The van der Waals surface area contributed by atoms with Crippen LogP contribution in [0.3, 0.4) is 0 Å². The van der Waals surface area contributed by atoms with Crippen molar-refractivity contribution in [2.45, 2.75) is 172 Å². The van der Waals surface area contributed by atoms with Crippen LogP contribution in [0, 0.1) is 5.92 Å². The van der Waals surface area contributed by atoms with E-state index in [-0.39, 0.29) is 57.1 Å². The number of guanidine groups is 1. The highest BCUT2D eigenvalue weighted by Crippen LogP contribution is 2.12. The first-order valence-corrected chi connectivity index (χ1v) is 24.0. The standard InChI is InChI=1S/C44H82N14O11/c1-5-7-8-9-10-11-12-13-14-17-33(62)56-36-32(61)24-51-41(67)34(30(59)22-46)58-43(69)35(31(60)23-47)57-39(65)27(16-15-20-50-44(48)49)53-40(66)29(21-25(3)4)55-38(64)28(18-19-45)54-37(63)26(6-2)52-42(36)68/h6,25,27-32,34-36,59-61H,5,7-24,45-47H2,1-4H3,(H,51,67)(H,52,68)(H,53,66)(H,54,63)(H,55,64)(H,56,62)(H,57,65)(H,58,69)(H4,48,49,50)/t27-,28-,29-,30-,31+,32+,34-,35-,36-/m0/s1. The Morgan fingerprint density at radius 2 is 1.23 bits per heavy atom. The topological polar surface area (TPSA) is 436 Å². The first-order valence-electron chi connectivity index (χ1n) is 24.0. The lowest BCUT2D eigenvalue weighted by Gasteiger charge is -2.30. The monoisotopic (exact) mass is 983 g/mol. The largest absolute Gasteiger partial charge is 0.389 e. The van der Waals surface area contributed by atoms with Gasteiger partial charge in [0.15, 0.2) is 5.96 Å². The van der Waals surface area contributed by atoms with Crippen LogP contribution in [-0.4, -0.2) is 156 Å². The Labute approximate surface area is 404 Å². The Morgan fingerprint density at radius 3 is 1.78 bits per heavy atom. The number of hydrogen-bond acceptors (Lipinski definition) is 15. The van der Waals surface area contributed by atoms with Gasteiger partial charge in [-0.1, -0.05) is 78.2 Å². The van der Waals surface area contributed by atoms with Gasteiger partial charge in [0, 0.05) is 32.6 Å². The normalized spacial score (nSPS) is 24.4. The van der Waals surface area contributed by atoms with E-state index in [0.717, 1.165) is 44.9 Å². The fraction of sp³-hybridized carbons (Fsp3) is 0.750. The van der Waals surface area contributed by atoms with Gasteiger partial charge in [0.05, 0.1) is 12.2 Å². The average molecular weight is 983 g/mol. The summed E-state index contributed by atoms with van der Waals surface area (Å²) in [5.74, 6) is -8.28. The number of amides is 8. The van der Waals surface area contributed by atoms with Gasteiger partial charge in [-0.05, 0) is 51.5 Å². The first-order chi connectivity index (χ1) is 32.7.